The summed E-state index contributed by atoms with van der Waals surface area (Å²) in [6, 6.07) is 14.7. The van der Waals surface area contributed by atoms with Gasteiger partial charge in [0, 0.05) is 37.8 Å². The van der Waals surface area contributed by atoms with E-state index in [1.54, 1.807) is 4.90 Å². The first kappa shape index (κ1) is 17.2. The molecule has 2 N–H and O–H groups in total. The van der Waals surface area contributed by atoms with E-state index in [0.717, 1.165) is 19.5 Å². The fourth-order valence-electron chi connectivity index (χ4n) is 3.65. The Kier molecular flexibility index (Phi) is 4.30. The number of benzene rings is 2. The quantitative estimate of drug-likeness (QED) is 0.879. The molecule has 1 amide bonds. The van der Waals surface area contributed by atoms with E-state index in [1.807, 2.05) is 0 Å². The Labute approximate surface area is 153 Å². The van der Waals surface area contributed by atoms with Crippen molar-refractivity contribution in [2.45, 2.75) is 23.9 Å². The number of likely N-dealkylation sites (tertiary alicyclic amines) is 1. The topological polar surface area (TPSA) is 83.7 Å². The van der Waals surface area contributed by atoms with Crippen molar-refractivity contribution in [3.8, 4) is 0 Å². The third kappa shape index (κ3) is 3.25. The van der Waals surface area contributed by atoms with Gasteiger partial charge in [-0.3, -0.25) is 9.69 Å². The van der Waals surface area contributed by atoms with Crippen molar-refractivity contribution < 1.29 is 13.2 Å². The molecule has 2 aromatic rings. The van der Waals surface area contributed by atoms with Crippen LogP contribution in [0.15, 0.2) is 53.4 Å². The van der Waals surface area contributed by atoms with Crippen LogP contribution in [-0.2, 0) is 23.0 Å². The predicted octanol–water partition coefficient (Wildman–Crippen LogP) is 1.22. The van der Waals surface area contributed by atoms with Gasteiger partial charge in [0.1, 0.15) is 0 Å². The summed E-state index contributed by atoms with van der Waals surface area (Å²) in [5.74, 6) is -0.0698. The monoisotopic (exact) mass is 371 g/mol. The molecule has 0 atom stereocenters. The summed E-state index contributed by atoms with van der Waals surface area (Å²) < 4.78 is 22.6. The van der Waals surface area contributed by atoms with Gasteiger partial charge in [0.15, 0.2) is 0 Å². The van der Waals surface area contributed by atoms with E-state index in [0.29, 0.717) is 24.7 Å². The van der Waals surface area contributed by atoms with Crippen molar-refractivity contribution in [1.82, 2.24) is 9.80 Å². The van der Waals surface area contributed by atoms with E-state index in [-0.39, 0.29) is 10.8 Å². The fraction of sp³-hybridized carbons (Fsp3) is 0.316. The zero-order valence-electron chi connectivity index (χ0n) is 14.3. The number of nitrogens with two attached hydrogens (primary N) is 1. The Balaban J connectivity index is 1.37. The van der Waals surface area contributed by atoms with Crippen LogP contribution in [-0.4, -0.2) is 49.8 Å². The second kappa shape index (κ2) is 6.50. The maximum atomic E-state index is 12.5. The number of rotatable bonds is 3. The van der Waals surface area contributed by atoms with Crippen molar-refractivity contribution in [1.29, 1.82) is 0 Å². The zero-order valence-corrected chi connectivity index (χ0v) is 15.2. The van der Waals surface area contributed by atoms with Gasteiger partial charge in [0.05, 0.1) is 4.90 Å². The summed E-state index contributed by atoms with van der Waals surface area (Å²) in [4.78, 5) is 16.8. The molecule has 7 heteroatoms. The van der Waals surface area contributed by atoms with Gasteiger partial charge in [-0.25, -0.2) is 13.6 Å². The molecule has 2 aromatic carbocycles. The van der Waals surface area contributed by atoms with Crippen molar-refractivity contribution >= 4 is 15.9 Å². The van der Waals surface area contributed by atoms with Crippen LogP contribution in [0.5, 0.6) is 0 Å². The Bertz CT molecular complexity index is 935. The first-order valence-corrected chi connectivity index (χ1v) is 10.2. The molecule has 0 saturated carbocycles. The van der Waals surface area contributed by atoms with E-state index >= 15 is 0 Å². The molecule has 1 fully saturated rings. The highest BCUT2D eigenvalue weighted by molar-refractivity contribution is 7.89. The average Bonchev–Trinajstić information content (AvgIpc) is 2.59. The molecule has 0 spiro atoms. The van der Waals surface area contributed by atoms with Gasteiger partial charge in [0.25, 0.3) is 5.91 Å². The summed E-state index contributed by atoms with van der Waals surface area (Å²) in [5.41, 5.74) is 3.29. The molecule has 0 radical (unpaired) electrons. The minimum absolute atomic E-state index is 0.0162. The molecule has 0 aliphatic carbocycles. The van der Waals surface area contributed by atoms with Gasteiger partial charge in [-0.05, 0) is 41.8 Å². The van der Waals surface area contributed by atoms with Crippen LogP contribution in [0.25, 0.3) is 0 Å². The molecular weight excluding hydrogens is 350 g/mol. The lowest BCUT2D eigenvalue weighted by Gasteiger charge is -2.47. The molecule has 2 aliphatic heterocycles. The number of carbonyl (C=O) groups excluding carboxylic acids is 1. The molecule has 0 bridgehead atoms. The summed E-state index contributed by atoms with van der Waals surface area (Å²) in [6.45, 7) is 3.37. The SMILES string of the molecule is NS(=O)(=O)c1ccc(C(=O)N2CC(N3CCc4ccccc4C3)C2)cc1. The van der Waals surface area contributed by atoms with Crippen molar-refractivity contribution in [3.63, 3.8) is 0 Å². The highest BCUT2D eigenvalue weighted by Crippen LogP contribution is 2.25. The standard InChI is InChI=1S/C19H21N3O3S/c20-26(24,25)18-7-5-15(6-8-18)19(23)22-12-17(13-22)21-10-9-14-3-1-2-4-16(14)11-21/h1-8,17H,9-13H2,(H2,20,24,25). The van der Waals surface area contributed by atoms with E-state index < -0.39 is 10.0 Å². The van der Waals surface area contributed by atoms with Gasteiger partial charge in [0.2, 0.25) is 10.0 Å². The van der Waals surface area contributed by atoms with Crippen molar-refractivity contribution in [3.05, 3.63) is 65.2 Å². The van der Waals surface area contributed by atoms with Crippen LogP contribution in [0.1, 0.15) is 21.5 Å². The van der Waals surface area contributed by atoms with Crippen LogP contribution in [0, 0.1) is 0 Å². The molecule has 0 unspecified atom stereocenters. The van der Waals surface area contributed by atoms with Crippen molar-refractivity contribution in [2.75, 3.05) is 19.6 Å². The number of hydrogen-bond donors (Lipinski definition) is 1. The van der Waals surface area contributed by atoms with Crippen molar-refractivity contribution in [2.24, 2.45) is 5.14 Å². The summed E-state index contributed by atoms with van der Waals surface area (Å²) >= 11 is 0. The van der Waals surface area contributed by atoms with Gasteiger partial charge >= 0.3 is 0 Å². The molecule has 136 valence electrons. The Morgan fingerprint density at radius 3 is 2.31 bits per heavy atom. The minimum atomic E-state index is -3.74. The van der Waals surface area contributed by atoms with Gasteiger partial charge in [-0.2, -0.15) is 0 Å². The van der Waals surface area contributed by atoms with E-state index in [4.69, 9.17) is 5.14 Å². The number of fused-ring (bicyclic) bond motifs is 1. The lowest BCUT2D eigenvalue weighted by molar-refractivity contribution is 0.0218. The second-order valence-corrected chi connectivity index (χ2v) is 8.48. The first-order valence-electron chi connectivity index (χ1n) is 8.65. The fourth-order valence-corrected chi connectivity index (χ4v) is 4.17. The highest BCUT2D eigenvalue weighted by atomic mass is 32.2. The molecule has 2 heterocycles. The lowest BCUT2D eigenvalue weighted by Crippen LogP contribution is -2.61. The summed E-state index contributed by atoms with van der Waals surface area (Å²) in [7, 11) is -3.74. The van der Waals surface area contributed by atoms with Crippen LogP contribution >= 0.6 is 0 Å². The minimum Gasteiger partial charge on any atom is -0.335 e. The number of sulfonamides is 1. The summed E-state index contributed by atoms with van der Waals surface area (Å²) in [6.07, 6.45) is 1.05. The third-order valence-electron chi connectivity index (χ3n) is 5.26. The average molecular weight is 371 g/mol. The molecule has 0 aromatic heterocycles. The third-order valence-corrected chi connectivity index (χ3v) is 6.19. The molecule has 6 nitrogen and oxygen atoms in total. The molecule has 26 heavy (non-hydrogen) atoms. The predicted molar refractivity (Wildman–Crippen MR) is 98.1 cm³/mol. The molecule has 1 saturated heterocycles. The number of primary sulfonamides is 1. The number of amides is 1. The smallest absolute Gasteiger partial charge is 0.253 e. The van der Waals surface area contributed by atoms with Gasteiger partial charge < -0.3 is 4.90 Å². The first-order chi connectivity index (χ1) is 12.4. The molecule has 4 rings (SSSR count). The maximum absolute atomic E-state index is 12.5. The maximum Gasteiger partial charge on any atom is 0.253 e. The van der Waals surface area contributed by atoms with E-state index in [9.17, 15) is 13.2 Å². The van der Waals surface area contributed by atoms with E-state index in [2.05, 4.69) is 29.2 Å². The molecular formula is C19H21N3O3S. The molecule has 2 aliphatic rings. The van der Waals surface area contributed by atoms with Crippen LogP contribution < -0.4 is 5.14 Å². The zero-order chi connectivity index (χ0) is 18.3. The number of nitrogens with zero attached hydrogens (tertiary/aromatic N) is 2. The summed E-state index contributed by atoms with van der Waals surface area (Å²) in [5, 5.41) is 5.09. The van der Waals surface area contributed by atoms with Gasteiger partial charge in [-0.15, -0.1) is 0 Å². The number of carbonyl (C=O) groups is 1. The normalized spacial score (nSPS) is 18.3. The van der Waals surface area contributed by atoms with E-state index in [1.165, 1.54) is 35.4 Å². The Hall–Kier alpha value is -2.22. The van der Waals surface area contributed by atoms with Crippen LogP contribution in [0.2, 0.25) is 0 Å². The van der Waals surface area contributed by atoms with Crippen LogP contribution in [0.4, 0.5) is 0 Å². The number of hydrogen-bond acceptors (Lipinski definition) is 4. The highest BCUT2D eigenvalue weighted by Gasteiger charge is 2.36. The van der Waals surface area contributed by atoms with Gasteiger partial charge in [-0.1, -0.05) is 24.3 Å². The lowest BCUT2D eigenvalue weighted by atomic mass is 9.96. The second-order valence-electron chi connectivity index (χ2n) is 6.92. The Morgan fingerprint density at radius 1 is 1.00 bits per heavy atom. The Morgan fingerprint density at radius 2 is 1.65 bits per heavy atom. The largest absolute Gasteiger partial charge is 0.335 e. The van der Waals surface area contributed by atoms with Crippen LogP contribution in [0.3, 0.4) is 0 Å².